The first-order valence-corrected chi connectivity index (χ1v) is 15.3. The zero-order valence-electron chi connectivity index (χ0n) is 21.7. The first-order valence-electron chi connectivity index (χ1n) is 15.3. The lowest BCUT2D eigenvalue weighted by molar-refractivity contribution is 0.161. The fourth-order valence-corrected chi connectivity index (χ4v) is 7.70. The van der Waals surface area contributed by atoms with Gasteiger partial charge in [0.05, 0.1) is 0 Å². The molecule has 3 rings (SSSR count). The smallest absolute Gasteiger partial charge is 0.0411 e. The maximum atomic E-state index is 2.34. The van der Waals surface area contributed by atoms with Crippen molar-refractivity contribution in [3.05, 3.63) is 0 Å². The highest BCUT2D eigenvalue weighted by Crippen LogP contribution is 2.42. The van der Waals surface area contributed by atoms with E-state index >= 15 is 0 Å². The van der Waals surface area contributed by atoms with Gasteiger partial charge in [0.1, 0.15) is 0 Å². The monoisotopic (exact) mass is 430 g/mol. The Morgan fingerprint density at radius 2 is 0.645 bits per heavy atom. The highest BCUT2D eigenvalue weighted by Gasteiger charge is 2.29. The van der Waals surface area contributed by atoms with E-state index in [1.165, 1.54) is 51.4 Å². The Labute approximate surface area is 197 Å². The summed E-state index contributed by atoms with van der Waals surface area (Å²) < 4.78 is 0. The molecular formula is C31H58. The average Bonchev–Trinajstić information content (AvgIpc) is 2.80. The van der Waals surface area contributed by atoms with Gasteiger partial charge in [0.15, 0.2) is 0 Å². The highest BCUT2D eigenvalue weighted by molar-refractivity contribution is 4.81. The van der Waals surface area contributed by atoms with Crippen LogP contribution in [0.4, 0.5) is 0 Å². The van der Waals surface area contributed by atoms with Gasteiger partial charge in [-0.05, 0) is 48.3 Å². The number of rotatable bonds is 13. The third kappa shape index (κ3) is 9.80. The van der Waals surface area contributed by atoms with Gasteiger partial charge in [-0.15, -0.1) is 0 Å². The summed E-state index contributed by atoms with van der Waals surface area (Å²) in [5, 5.41) is 0. The Morgan fingerprint density at radius 1 is 0.355 bits per heavy atom. The number of hydrogen-bond acceptors (Lipinski definition) is 0. The van der Waals surface area contributed by atoms with Crippen LogP contribution in [0.1, 0.15) is 162 Å². The summed E-state index contributed by atoms with van der Waals surface area (Å²) in [5.41, 5.74) is 0. The molecule has 182 valence electrons. The zero-order chi connectivity index (χ0) is 21.7. The second-order valence-corrected chi connectivity index (χ2v) is 12.5. The average molecular weight is 431 g/mol. The summed E-state index contributed by atoms with van der Waals surface area (Å²) in [6, 6.07) is 0. The maximum Gasteiger partial charge on any atom is -0.0411 e. The van der Waals surface area contributed by atoms with Crippen molar-refractivity contribution in [3.63, 3.8) is 0 Å². The SMILES string of the molecule is CCCCCCC1CCC(C[C@H]2CC[C@H](CC3CCC(CCCCC)CC3)CC2)CC1. The van der Waals surface area contributed by atoms with Crippen molar-refractivity contribution in [1.29, 1.82) is 0 Å². The second kappa shape index (κ2) is 15.0. The number of hydrogen-bond donors (Lipinski definition) is 0. The minimum atomic E-state index is 1.09. The van der Waals surface area contributed by atoms with Crippen LogP contribution in [-0.4, -0.2) is 0 Å². The molecule has 0 saturated heterocycles. The predicted molar refractivity (Wildman–Crippen MR) is 138 cm³/mol. The lowest BCUT2D eigenvalue weighted by Gasteiger charge is -2.36. The molecule has 0 amide bonds. The van der Waals surface area contributed by atoms with Gasteiger partial charge in [0, 0.05) is 0 Å². The van der Waals surface area contributed by atoms with Crippen LogP contribution in [0.3, 0.4) is 0 Å². The molecule has 0 nitrogen and oxygen atoms in total. The van der Waals surface area contributed by atoms with Gasteiger partial charge < -0.3 is 0 Å². The summed E-state index contributed by atoms with van der Waals surface area (Å²) in [5.74, 6) is 6.55. The molecule has 0 atom stereocenters. The van der Waals surface area contributed by atoms with Gasteiger partial charge in [-0.3, -0.25) is 0 Å². The van der Waals surface area contributed by atoms with Crippen LogP contribution in [0.2, 0.25) is 0 Å². The Kier molecular flexibility index (Phi) is 12.4. The fraction of sp³-hybridized carbons (Fsp3) is 1.00. The van der Waals surface area contributed by atoms with Gasteiger partial charge in [-0.2, -0.15) is 0 Å². The molecule has 0 heterocycles. The highest BCUT2D eigenvalue weighted by atomic mass is 14.3. The van der Waals surface area contributed by atoms with Gasteiger partial charge in [-0.25, -0.2) is 0 Å². The molecule has 3 aliphatic rings. The number of unbranched alkanes of at least 4 members (excludes halogenated alkanes) is 5. The van der Waals surface area contributed by atoms with E-state index in [0.29, 0.717) is 0 Å². The molecule has 0 spiro atoms. The van der Waals surface area contributed by atoms with E-state index in [1.807, 2.05) is 0 Å². The molecule has 3 aliphatic carbocycles. The molecule has 0 aromatic heterocycles. The third-order valence-corrected chi connectivity index (χ3v) is 9.91. The van der Waals surface area contributed by atoms with Crippen LogP contribution in [0.25, 0.3) is 0 Å². The normalized spacial score (nSPS) is 34.6. The topological polar surface area (TPSA) is 0 Å². The quantitative estimate of drug-likeness (QED) is 0.255. The lowest BCUT2D eigenvalue weighted by Crippen LogP contribution is -2.23. The zero-order valence-corrected chi connectivity index (χ0v) is 21.7. The largest absolute Gasteiger partial charge is 0.0654 e. The van der Waals surface area contributed by atoms with Crippen LogP contribution in [0.5, 0.6) is 0 Å². The van der Waals surface area contributed by atoms with Crippen LogP contribution < -0.4 is 0 Å². The van der Waals surface area contributed by atoms with E-state index in [-0.39, 0.29) is 0 Å². The first-order chi connectivity index (χ1) is 15.3. The molecule has 0 N–H and O–H groups in total. The summed E-state index contributed by atoms with van der Waals surface area (Å²) in [6.07, 6.45) is 35.3. The van der Waals surface area contributed by atoms with Crippen molar-refractivity contribution in [1.82, 2.24) is 0 Å². The van der Waals surface area contributed by atoms with Crippen molar-refractivity contribution in [2.45, 2.75) is 162 Å². The molecule has 0 aliphatic heterocycles. The van der Waals surface area contributed by atoms with Gasteiger partial charge in [0.25, 0.3) is 0 Å². The fourth-order valence-electron chi connectivity index (χ4n) is 7.70. The summed E-state index contributed by atoms with van der Waals surface area (Å²) >= 11 is 0. The molecule has 31 heavy (non-hydrogen) atoms. The van der Waals surface area contributed by atoms with E-state index in [0.717, 1.165) is 35.5 Å². The second-order valence-electron chi connectivity index (χ2n) is 12.5. The Morgan fingerprint density at radius 3 is 1.00 bits per heavy atom. The minimum absolute atomic E-state index is 1.09. The molecule has 0 unspecified atom stereocenters. The van der Waals surface area contributed by atoms with E-state index in [4.69, 9.17) is 0 Å². The van der Waals surface area contributed by atoms with Gasteiger partial charge in [0.2, 0.25) is 0 Å². The Hall–Kier alpha value is 0. The van der Waals surface area contributed by atoms with E-state index in [1.54, 1.807) is 96.3 Å². The van der Waals surface area contributed by atoms with Crippen molar-refractivity contribution in [2.75, 3.05) is 0 Å². The van der Waals surface area contributed by atoms with Crippen LogP contribution >= 0.6 is 0 Å². The molecule has 0 bridgehead atoms. The molecule has 0 radical (unpaired) electrons. The summed E-state index contributed by atoms with van der Waals surface area (Å²) in [4.78, 5) is 0. The van der Waals surface area contributed by atoms with Crippen LogP contribution in [-0.2, 0) is 0 Å². The summed E-state index contributed by atoms with van der Waals surface area (Å²) in [7, 11) is 0. The van der Waals surface area contributed by atoms with Gasteiger partial charge in [-0.1, -0.05) is 149 Å². The van der Waals surface area contributed by atoms with Crippen molar-refractivity contribution in [2.24, 2.45) is 35.5 Å². The van der Waals surface area contributed by atoms with Crippen molar-refractivity contribution in [3.8, 4) is 0 Å². The van der Waals surface area contributed by atoms with Crippen LogP contribution in [0.15, 0.2) is 0 Å². The predicted octanol–water partition coefficient (Wildman–Crippen LogP) is 10.7. The molecule has 0 heteroatoms. The molecular weight excluding hydrogens is 372 g/mol. The summed E-state index contributed by atoms with van der Waals surface area (Å²) in [6.45, 7) is 4.67. The first kappa shape index (κ1) is 25.6. The van der Waals surface area contributed by atoms with E-state index in [9.17, 15) is 0 Å². The minimum Gasteiger partial charge on any atom is -0.0654 e. The third-order valence-electron chi connectivity index (χ3n) is 9.91. The lowest BCUT2D eigenvalue weighted by atomic mass is 9.70. The maximum absolute atomic E-state index is 2.34. The Balaban J connectivity index is 1.22. The molecule has 0 aromatic rings. The molecule has 3 saturated carbocycles. The van der Waals surface area contributed by atoms with Crippen molar-refractivity contribution >= 4 is 0 Å². The Bertz CT molecular complexity index is 415. The molecule has 3 fully saturated rings. The molecule has 0 aromatic carbocycles. The van der Waals surface area contributed by atoms with Crippen molar-refractivity contribution < 1.29 is 0 Å². The van der Waals surface area contributed by atoms with E-state index < -0.39 is 0 Å². The van der Waals surface area contributed by atoms with Gasteiger partial charge >= 0.3 is 0 Å². The standard InChI is InChI=1S/C31H58/c1-3-5-7-9-11-27-14-18-29(19-15-27)25-31-22-20-30(21-23-31)24-28-16-12-26(13-17-28)10-8-6-4-2/h26-31H,3-25H2,1-2H3/t26?,27?,28?,29?,30-,31-. The van der Waals surface area contributed by atoms with E-state index in [2.05, 4.69) is 13.8 Å². The van der Waals surface area contributed by atoms with Crippen LogP contribution in [0, 0.1) is 35.5 Å².